The number of pyridine rings is 1. The molecule has 1 aromatic carbocycles. The van der Waals surface area contributed by atoms with Gasteiger partial charge in [-0.3, -0.25) is 0 Å². The number of anilines is 2. The van der Waals surface area contributed by atoms with Crippen LogP contribution in [0, 0.1) is 0 Å². The smallest absolute Gasteiger partial charge is 0.130 e. The number of rotatable bonds is 2. The molecule has 0 spiro atoms. The number of aromatic nitrogens is 1. The number of nitrogens with zero attached hydrogens (tertiary/aromatic N) is 1. The molecule has 0 atom stereocenters. The predicted octanol–water partition coefficient (Wildman–Crippen LogP) is 5.00. The normalized spacial score (nSPS) is 10.2. The Labute approximate surface area is 115 Å². The molecular weight excluding hydrogens is 355 g/mol. The number of hydrogen-bond donors (Lipinski definition) is 1. The Bertz CT molecular complexity index is 500. The van der Waals surface area contributed by atoms with Gasteiger partial charge in [0.15, 0.2) is 0 Å². The predicted molar refractivity (Wildman–Crippen MR) is 74.4 cm³/mol. The van der Waals surface area contributed by atoms with E-state index in [0.717, 1.165) is 20.5 Å². The molecule has 16 heavy (non-hydrogen) atoms. The molecule has 0 fully saturated rings. The summed E-state index contributed by atoms with van der Waals surface area (Å²) in [7, 11) is 0. The largest absolute Gasteiger partial charge is 0.339 e. The van der Waals surface area contributed by atoms with Gasteiger partial charge in [-0.1, -0.05) is 27.5 Å². The standard InChI is InChI=1S/C11H7Br2ClN2/c12-7-1-3-10(9(14)5-7)16-11-4-2-8(13)6-15-11/h1-6H,(H,15,16). The van der Waals surface area contributed by atoms with Crippen LogP contribution < -0.4 is 5.32 Å². The Morgan fingerprint density at radius 1 is 1.06 bits per heavy atom. The van der Waals surface area contributed by atoms with E-state index >= 15 is 0 Å². The van der Waals surface area contributed by atoms with Crippen LogP contribution in [0.4, 0.5) is 11.5 Å². The summed E-state index contributed by atoms with van der Waals surface area (Å²) < 4.78 is 1.90. The summed E-state index contributed by atoms with van der Waals surface area (Å²) in [6.45, 7) is 0. The molecule has 0 amide bonds. The summed E-state index contributed by atoms with van der Waals surface area (Å²) in [6, 6.07) is 9.45. The molecule has 0 aliphatic carbocycles. The second kappa shape index (κ2) is 5.17. The van der Waals surface area contributed by atoms with E-state index in [1.807, 2.05) is 30.3 Å². The number of hydrogen-bond acceptors (Lipinski definition) is 2. The van der Waals surface area contributed by atoms with E-state index < -0.39 is 0 Å². The first-order valence-corrected chi connectivity index (χ1v) is 6.45. The Kier molecular flexibility index (Phi) is 3.84. The fraction of sp³-hybridized carbons (Fsp3) is 0. The van der Waals surface area contributed by atoms with Crippen molar-refractivity contribution >= 4 is 55.0 Å². The van der Waals surface area contributed by atoms with Crippen molar-refractivity contribution in [2.24, 2.45) is 0 Å². The molecule has 1 N–H and O–H groups in total. The summed E-state index contributed by atoms with van der Waals surface area (Å²) in [6.07, 6.45) is 1.73. The fourth-order valence-electron chi connectivity index (χ4n) is 1.18. The van der Waals surface area contributed by atoms with Crippen molar-refractivity contribution in [2.75, 3.05) is 5.32 Å². The van der Waals surface area contributed by atoms with Crippen LogP contribution in [-0.4, -0.2) is 4.98 Å². The molecule has 2 aromatic rings. The van der Waals surface area contributed by atoms with Gasteiger partial charge in [0, 0.05) is 15.1 Å². The van der Waals surface area contributed by atoms with Gasteiger partial charge < -0.3 is 5.32 Å². The lowest BCUT2D eigenvalue weighted by atomic mass is 10.3. The van der Waals surface area contributed by atoms with Crippen molar-refractivity contribution in [3.8, 4) is 0 Å². The summed E-state index contributed by atoms with van der Waals surface area (Å²) in [5.74, 6) is 0.757. The molecule has 0 saturated heterocycles. The van der Waals surface area contributed by atoms with Crippen molar-refractivity contribution in [2.45, 2.75) is 0 Å². The van der Waals surface area contributed by atoms with E-state index in [2.05, 4.69) is 42.2 Å². The third-order valence-corrected chi connectivity index (χ3v) is 3.20. The molecule has 0 aliphatic heterocycles. The molecule has 1 heterocycles. The van der Waals surface area contributed by atoms with Gasteiger partial charge in [-0.25, -0.2) is 4.98 Å². The molecule has 82 valence electrons. The quantitative estimate of drug-likeness (QED) is 0.813. The molecule has 2 nitrogen and oxygen atoms in total. The number of benzene rings is 1. The van der Waals surface area contributed by atoms with Gasteiger partial charge >= 0.3 is 0 Å². The van der Waals surface area contributed by atoms with Gasteiger partial charge in [-0.2, -0.15) is 0 Å². The van der Waals surface area contributed by atoms with E-state index in [1.54, 1.807) is 6.20 Å². The minimum atomic E-state index is 0.652. The first-order valence-electron chi connectivity index (χ1n) is 4.49. The zero-order valence-corrected chi connectivity index (χ0v) is 12.0. The van der Waals surface area contributed by atoms with Crippen LogP contribution in [0.1, 0.15) is 0 Å². The Hall–Kier alpha value is -0.580. The zero-order valence-electron chi connectivity index (χ0n) is 8.05. The van der Waals surface area contributed by atoms with E-state index in [-0.39, 0.29) is 0 Å². The van der Waals surface area contributed by atoms with Crippen molar-refractivity contribution in [3.63, 3.8) is 0 Å². The lowest BCUT2D eigenvalue weighted by Gasteiger charge is -2.07. The Balaban J connectivity index is 2.23. The highest BCUT2D eigenvalue weighted by Gasteiger charge is 2.01. The van der Waals surface area contributed by atoms with Crippen LogP contribution in [0.5, 0.6) is 0 Å². The molecule has 0 unspecified atom stereocenters. The van der Waals surface area contributed by atoms with Crippen molar-refractivity contribution in [1.29, 1.82) is 0 Å². The lowest BCUT2D eigenvalue weighted by molar-refractivity contribution is 1.29. The Morgan fingerprint density at radius 3 is 2.44 bits per heavy atom. The topological polar surface area (TPSA) is 24.9 Å². The van der Waals surface area contributed by atoms with Crippen LogP contribution in [-0.2, 0) is 0 Å². The van der Waals surface area contributed by atoms with Gasteiger partial charge in [0.1, 0.15) is 5.82 Å². The van der Waals surface area contributed by atoms with Crippen LogP contribution in [0.2, 0.25) is 5.02 Å². The van der Waals surface area contributed by atoms with Crippen LogP contribution in [0.15, 0.2) is 45.5 Å². The highest BCUT2D eigenvalue weighted by atomic mass is 79.9. The average molecular weight is 362 g/mol. The van der Waals surface area contributed by atoms with E-state index in [1.165, 1.54) is 0 Å². The third-order valence-electron chi connectivity index (χ3n) is 1.92. The van der Waals surface area contributed by atoms with Crippen molar-refractivity contribution in [1.82, 2.24) is 4.98 Å². The molecule has 2 rings (SSSR count). The van der Waals surface area contributed by atoms with E-state index in [4.69, 9.17) is 11.6 Å². The molecule has 0 saturated carbocycles. The molecule has 5 heteroatoms. The maximum atomic E-state index is 6.08. The number of nitrogens with one attached hydrogen (secondary N) is 1. The fourth-order valence-corrected chi connectivity index (χ4v) is 2.13. The van der Waals surface area contributed by atoms with Gasteiger partial charge in [0.2, 0.25) is 0 Å². The van der Waals surface area contributed by atoms with Crippen LogP contribution in [0.25, 0.3) is 0 Å². The van der Waals surface area contributed by atoms with Crippen LogP contribution in [0.3, 0.4) is 0 Å². The maximum absolute atomic E-state index is 6.08. The first kappa shape index (κ1) is 11.9. The first-order chi connectivity index (χ1) is 7.65. The van der Waals surface area contributed by atoms with Gasteiger partial charge in [-0.05, 0) is 46.3 Å². The third kappa shape index (κ3) is 2.97. The highest BCUT2D eigenvalue weighted by Crippen LogP contribution is 2.27. The molecule has 1 aromatic heterocycles. The zero-order chi connectivity index (χ0) is 11.5. The second-order valence-electron chi connectivity index (χ2n) is 3.11. The minimum Gasteiger partial charge on any atom is -0.339 e. The SMILES string of the molecule is Clc1cc(Br)ccc1Nc1ccc(Br)cn1. The summed E-state index contributed by atoms with van der Waals surface area (Å²) in [5, 5.41) is 3.79. The van der Waals surface area contributed by atoms with E-state index in [9.17, 15) is 0 Å². The Morgan fingerprint density at radius 2 is 1.81 bits per heavy atom. The molecule has 0 bridgehead atoms. The summed E-state index contributed by atoms with van der Waals surface area (Å²) in [4.78, 5) is 4.21. The van der Waals surface area contributed by atoms with Crippen molar-refractivity contribution < 1.29 is 0 Å². The molecular formula is C11H7Br2ClN2. The average Bonchev–Trinajstić information content (AvgIpc) is 2.25. The maximum Gasteiger partial charge on any atom is 0.130 e. The summed E-state index contributed by atoms with van der Waals surface area (Å²) in [5.41, 5.74) is 0.833. The van der Waals surface area contributed by atoms with Crippen molar-refractivity contribution in [3.05, 3.63) is 50.5 Å². The monoisotopic (exact) mass is 360 g/mol. The summed E-state index contributed by atoms with van der Waals surface area (Å²) >= 11 is 12.8. The lowest BCUT2D eigenvalue weighted by Crippen LogP contribution is -1.93. The molecule has 0 aliphatic rings. The van der Waals surface area contributed by atoms with Gasteiger partial charge in [0.05, 0.1) is 10.7 Å². The van der Waals surface area contributed by atoms with Crippen LogP contribution >= 0.6 is 43.5 Å². The number of halogens is 3. The molecule has 0 radical (unpaired) electrons. The minimum absolute atomic E-state index is 0.652. The van der Waals surface area contributed by atoms with E-state index in [0.29, 0.717) is 5.02 Å². The second-order valence-corrected chi connectivity index (χ2v) is 5.35. The highest BCUT2D eigenvalue weighted by molar-refractivity contribution is 9.10. The van der Waals surface area contributed by atoms with Gasteiger partial charge in [-0.15, -0.1) is 0 Å². The van der Waals surface area contributed by atoms with Gasteiger partial charge in [0.25, 0.3) is 0 Å².